The van der Waals surface area contributed by atoms with Crippen molar-refractivity contribution in [3.05, 3.63) is 128 Å². The van der Waals surface area contributed by atoms with E-state index in [1.807, 2.05) is 0 Å². The summed E-state index contributed by atoms with van der Waals surface area (Å²) in [7, 11) is 0. The molecule has 0 atom stereocenters. The topological polar surface area (TPSA) is 81.7 Å². The maximum absolute atomic E-state index is 14.2. The van der Waals surface area contributed by atoms with Gasteiger partial charge in [0, 0.05) is 6.54 Å². The van der Waals surface area contributed by atoms with Gasteiger partial charge in [0.2, 0.25) is 17.5 Å². The fourth-order valence-corrected chi connectivity index (χ4v) is 3.96. The quantitative estimate of drug-likeness (QED) is 0.0682. The summed E-state index contributed by atoms with van der Waals surface area (Å²) < 4.78 is 215. The lowest BCUT2D eigenvalue weighted by molar-refractivity contribution is 0.0667. The summed E-state index contributed by atoms with van der Waals surface area (Å²) in [5.41, 5.74) is -6.65. The first-order valence-corrected chi connectivity index (χ1v) is 12.7. The predicted octanol–water partition coefficient (Wildman–Crippen LogP) is 7.18. The molecular formula is C29H8F15NO5. The Labute approximate surface area is 265 Å². The van der Waals surface area contributed by atoms with Gasteiger partial charge >= 0.3 is 11.9 Å². The molecule has 4 aromatic rings. The molecule has 0 aliphatic carbocycles. The van der Waals surface area contributed by atoms with Crippen LogP contribution in [0.5, 0.6) is 11.5 Å². The van der Waals surface area contributed by atoms with Crippen molar-refractivity contribution in [1.29, 1.82) is 0 Å². The highest BCUT2D eigenvalue weighted by molar-refractivity contribution is 5.95. The van der Waals surface area contributed by atoms with Gasteiger partial charge in [-0.2, -0.15) is 0 Å². The molecule has 0 saturated heterocycles. The van der Waals surface area contributed by atoms with E-state index in [0.717, 1.165) is 6.07 Å². The number of ether oxygens (including phenoxy) is 2. The highest BCUT2D eigenvalue weighted by Crippen LogP contribution is 2.33. The highest BCUT2D eigenvalue weighted by Gasteiger charge is 2.34. The van der Waals surface area contributed by atoms with Gasteiger partial charge in [0.1, 0.15) is 16.7 Å². The average molecular weight is 735 g/mol. The van der Waals surface area contributed by atoms with Crippen molar-refractivity contribution in [2.75, 3.05) is 6.54 Å². The Kier molecular flexibility index (Phi) is 10.4. The van der Waals surface area contributed by atoms with E-state index < -0.39 is 146 Å². The zero-order valence-corrected chi connectivity index (χ0v) is 23.4. The van der Waals surface area contributed by atoms with Crippen molar-refractivity contribution >= 4 is 17.8 Å². The number of hydrogen-bond donors (Lipinski definition) is 1. The van der Waals surface area contributed by atoms with Crippen LogP contribution in [0.1, 0.15) is 36.6 Å². The second kappa shape index (κ2) is 14.0. The van der Waals surface area contributed by atoms with Gasteiger partial charge in [0.15, 0.2) is 81.3 Å². The van der Waals surface area contributed by atoms with Crippen LogP contribution in [0.3, 0.4) is 0 Å². The van der Waals surface area contributed by atoms with Crippen LogP contribution in [0.15, 0.2) is 18.2 Å². The molecule has 21 heteroatoms. The number of nitrogens with one attached hydrogen (secondary N) is 1. The van der Waals surface area contributed by atoms with Crippen molar-refractivity contribution in [1.82, 2.24) is 5.32 Å². The Balaban J connectivity index is 1.69. The second-order valence-corrected chi connectivity index (χ2v) is 9.40. The van der Waals surface area contributed by atoms with Crippen molar-refractivity contribution in [3.8, 4) is 11.5 Å². The first-order valence-electron chi connectivity index (χ1n) is 12.7. The van der Waals surface area contributed by atoms with Gasteiger partial charge in [0.25, 0.3) is 5.91 Å². The van der Waals surface area contributed by atoms with E-state index in [-0.39, 0.29) is 5.56 Å². The third-order valence-corrected chi connectivity index (χ3v) is 6.38. The molecule has 0 bridgehead atoms. The molecule has 6 nitrogen and oxygen atoms in total. The number of carbonyl (C=O) groups is 3. The van der Waals surface area contributed by atoms with Crippen molar-refractivity contribution in [2.24, 2.45) is 0 Å². The molecule has 0 aliphatic rings. The molecule has 1 N–H and O–H groups in total. The summed E-state index contributed by atoms with van der Waals surface area (Å²) in [4.78, 5) is 37.2. The van der Waals surface area contributed by atoms with Crippen LogP contribution in [0.4, 0.5) is 65.9 Å². The maximum atomic E-state index is 14.2. The molecule has 1 amide bonds. The van der Waals surface area contributed by atoms with Crippen LogP contribution >= 0.6 is 0 Å². The molecule has 4 aromatic carbocycles. The smallest absolute Gasteiger partial charge is 0.349 e. The van der Waals surface area contributed by atoms with E-state index in [2.05, 4.69) is 9.47 Å². The first-order chi connectivity index (χ1) is 23.3. The van der Waals surface area contributed by atoms with Gasteiger partial charge in [-0.15, -0.1) is 0 Å². The standard InChI is InChI=1S/C29H8F15NO5/c30-12-9(13(31)19(37)24(42)18(12)36)27(46)45-4-3-6-1-2-7(49-28(47)10-14(32)20(38)25(43)21(39)15(10)33)8(5-6)50-29(48)11-16(34)22(40)26(44)23(41)17(11)35/h1-2,5H,3-4H2,(H,45,46). The van der Waals surface area contributed by atoms with Gasteiger partial charge in [0.05, 0.1) is 0 Å². The van der Waals surface area contributed by atoms with E-state index in [4.69, 9.17) is 0 Å². The monoisotopic (exact) mass is 735 g/mol. The van der Waals surface area contributed by atoms with E-state index >= 15 is 0 Å². The molecule has 0 saturated carbocycles. The maximum Gasteiger partial charge on any atom is 0.349 e. The van der Waals surface area contributed by atoms with Crippen LogP contribution in [-0.2, 0) is 6.42 Å². The third kappa shape index (κ3) is 6.49. The zero-order chi connectivity index (χ0) is 37.5. The average Bonchev–Trinajstić information content (AvgIpc) is 3.07. The minimum atomic E-state index is -2.72. The molecule has 0 heterocycles. The largest absolute Gasteiger partial charge is 0.419 e. The van der Waals surface area contributed by atoms with Crippen LogP contribution in [-0.4, -0.2) is 24.4 Å². The van der Waals surface area contributed by atoms with Crippen LogP contribution in [0, 0.1) is 87.3 Å². The molecule has 0 radical (unpaired) electrons. The van der Waals surface area contributed by atoms with Gasteiger partial charge in [-0.1, -0.05) is 6.07 Å². The fourth-order valence-electron chi connectivity index (χ4n) is 3.96. The minimum absolute atomic E-state index is 0.293. The Morgan fingerprint density at radius 1 is 0.440 bits per heavy atom. The molecule has 0 unspecified atom stereocenters. The Morgan fingerprint density at radius 2 is 0.760 bits per heavy atom. The summed E-state index contributed by atoms with van der Waals surface area (Å²) in [5.74, 6) is -48.5. The van der Waals surface area contributed by atoms with E-state index in [1.54, 1.807) is 5.32 Å². The lowest BCUT2D eigenvalue weighted by Crippen LogP contribution is -2.29. The third-order valence-electron chi connectivity index (χ3n) is 6.38. The molecule has 4 rings (SSSR count). The number of carbonyl (C=O) groups excluding carboxylic acids is 3. The summed E-state index contributed by atoms with van der Waals surface area (Å²) in [6.07, 6.45) is -0.611. The Bertz CT molecular complexity index is 2040. The lowest BCUT2D eigenvalue weighted by atomic mass is 10.1. The summed E-state index contributed by atoms with van der Waals surface area (Å²) in [6, 6.07) is 1.82. The number of hydrogen-bond acceptors (Lipinski definition) is 5. The van der Waals surface area contributed by atoms with Crippen molar-refractivity contribution < 1.29 is 89.7 Å². The van der Waals surface area contributed by atoms with Gasteiger partial charge < -0.3 is 14.8 Å². The zero-order valence-electron chi connectivity index (χ0n) is 23.4. The number of benzene rings is 4. The van der Waals surface area contributed by atoms with E-state index in [0.29, 0.717) is 12.1 Å². The Morgan fingerprint density at radius 3 is 1.14 bits per heavy atom. The highest BCUT2D eigenvalue weighted by atomic mass is 19.2. The molecule has 0 aromatic heterocycles. The van der Waals surface area contributed by atoms with Crippen LogP contribution in [0.25, 0.3) is 0 Å². The number of esters is 2. The molecule has 264 valence electrons. The van der Waals surface area contributed by atoms with Crippen LogP contribution in [0.2, 0.25) is 0 Å². The van der Waals surface area contributed by atoms with Gasteiger partial charge in [-0.25, -0.2) is 75.4 Å². The predicted molar refractivity (Wildman–Crippen MR) is 131 cm³/mol. The minimum Gasteiger partial charge on any atom is -0.419 e. The van der Waals surface area contributed by atoms with Crippen molar-refractivity contribution in [2.45, 2.75) is 6.42 Å². The number of amides is 1. The molecular weight excluding hydrogens is 727 g/mol. The summed E-state index contributed by atoms with van der Waals surface area (Å²) >= 11 is 0. The molecule has 0 spiro atoms. The fraction of sp³-hybridized carbons (Fsp3) is 0.0690. The van der Waals surface area contributed by atoms with E-state index in [1.165, 1.54) is 0 Å². The molecule has 50 heavy (non-hydrogen) atoms. The van der Waals surface area contributed by atoms with Crippen LogP contribution < -0.4 is 14.8 Å². The lowest BCUT2D eigenvalue weighted by Gasteiger charge is -2.14. The molecule has 0 aliphatic heterocycles. The van der Waals surface area contributed by atoms with Gasteiger partial charge in [-0.3, -0.25) is 4.79 Å². The van der Waals surface area contributed by atoms with Gasteiger partial charge in [-0.05, 0) is 24.1 Å². The second-order valence-electron chi connectivity index (χ2n) is 9.40. The number of halogens is 15. The first kappa shape index (κ1) is 37.1. The summed E-state index contributed by atoms with van der Waals surface area (Å²) in [6.45, 7) is -0.785. The normalized spacial score (nSPS) is 11.1. The number of rotatable bonds is 8. The van der Waals surface area contributed by atoms with Crippen molar-refractivity contribution in [3.63, 3.8) is 0 Å². The van der Waals surface area contributed by atoms with E-state index in [9.17, 15) is 80.2 Å². The Hall–Kier alpha value is -5.76. The summed E-state index contributed by atoms with van der Waals surface area (Å²) in [5, 5.41) is 1.75. The SMILES string of the molecule is O=C(NCCc1ccc(OC(=O)c2c(F)c(F)c(F)c(F)c2F)c(OC(=O)c2c(F)c(F)c(F)c(F)c2F)c1)c1c(F)c(F)c(F)c(F)c1F. The molecule has 0 fully saturated rings.